The lowest BCUT2D eigenvalue weighted by Crippen LogP contribution is -2.67. The number of allylic oxidation sites excluding steroid dienone is 1. The topological polar surface area (TPSA) is 189 Å². The number of fused-ring (bicyclic) bond motifs is 7. The molecule has 9 aliphatic rings. The van der Waals surface area contributed by atoms with Crippen molar-refractivity contribution >= 4 is 35.6 Å². The molecule has 2 bridgehead atoms. The average molecular weight is 733 g/mol. The minimum Gasteiger partial charge on any atom is -0.466 e. The van der Waals surface area contributed by atoms with E-state index < -0.39 is 88.1 Å². The van der Waals surface area contributed by atoms with Crippen LogP contribution < -0.4 is 0 Å². The lowest BCUT2D eigenvalue weighted by atomic mass is 9.42. The summed E-state index contributed by atoms with van der Waals surface area (Å²) in [7, 11) is 1.22. The molecule has 0 aromatic rings. The molecule has 9 rings (SSSR count). The van der Waals surface area contributed by atoms with Gasteiger partial charge in [-0.25, -0.2) is 14.4 Å². The summed E-state index contributed by atoms with van der Waals surface area (Å²) in [6, 6.07) is 0. The Labute approximate surface area is 305 Å². The van der Waals surface area contributed by atoms with Gasteiger partial charge in [0.25, 0.3) is 0 Å². The normalized spacial score (nSPS) is 47.3. The highest BCUT2D eigenvalue weighted by molar-refractivity contribution is 6.09. The van der Waals surface area contributed by atoms with Gasteiger partial charge in [-0.3, -0.25) is 14.4 Å². The number of methoxy groups -OCH3 is 1. The Balaban J connectivity index is 1.26. The fourth-order valence-electron chi connectivity index (χ4n) is 12.7. The van der Waals surface area contributed by atoms with Crippen LogP contribution in [0.1, 0.15) is 66.2 Å². The summed E-state index contributed by atoms with van der Waals surface area (Å²) >= 11 is 0. The molecule has 5 fully saturated rings. The number of aliphatic hydroxyl groups is 2. The van der Waals surface area contributed by atoms with E-state index in [1.807, 2.05) is 6.92 Å². The predicted octanol–water partition coefficient (Wildman–Crippen LogP) is 2.38. The van der Waals surface area contributed by atoms with Gasteiger partial charge in [0.1, 0.15) is 37.1 Å². The number of rotatable bonds is 1. The van der Waals surface area contributed by atoms with Gasteiger partial charge in [-0.05, 0) is 85.3 Å². The van der Waals surface area contributed by atoms with Crippen LogP contribution in [0.4, 0.5) is 0 Å². The first-order valence-electron chi connectivity index (χ1n) is 18.6. The second-order valence-electron chi connectivity index (χ2n) is 17.3. The molecule has 282 valence electrons. The number of cyclic esters (lactones) is 3. The summed E-state index contributed by atoms with van der Waals surface area (Å²) in [6.45, 7) is 6.15. The molecule has 2 N–H and O–H groups in total. The second kappa shape index (κ2) is 11.0. The molecule has 0 amide bonds. The Kier molecular flexibility index (Phi) is 7.19. The zero-order valence-electron chi connectivity index (χ0n) is 30.4. The molecule has 12 atom stereocenters. The van der Waals surface area contributed by atoms with Crippen molar-refractivity contribution in [3.8, 4) is 0 Å². The highest BCUT2D eigenvalue weighted by Gasteiger charge is 2.84. The summed E-state index contributed by atoms with van der Waals surface area (Å²) in [6.07, 6.45) is 1.22. The maximum Gasteiger partial charge on any atom is 0.338 e. The Morgan fingerprint density at radius 3 is 2.32 bits per heavy atom. The Bertz CT molecular complexity index is 1970. The molecule has 13 nitrogen and oxygen atoms in total. The lowest BCUT2D eigenvalue weighted by Gasteiger charge is -2.63. The van der Waals surface area contributed by atoms with Crippen molar-refractivity contribution in [2.45, 2.75) is 83.5 Å². The largest absolute Gasteiger partial charge is 0.466 e. The number of Topliss-reactive ketones (excluding diaryl/α,β-unsaturated/α-hetero) is 1. The van der Waals surface area contributed by atoms with Gasteiger partial charge in [-0.1, -0.05) is 19.4 Å². The third-order valence-corrected chi connectivity index (χ3v) is 15.1. The number of carbonyl (C=O) groups is 6. The predicted molar refractivity (Wildman–Crippen MR) is 179 cm³/mol. The van der Waals surface area contributed by atoms with Gasteiger partial charge in [-0.15, -0.1) is 0 Å². The van der Waals surface area contributed by atoms with Gasteiger partial charge in [-0.2, -0.15) is 0 Å². The molecule has 13 heteroatoms. The fraction of sp³-hybridized carbons (Fsp3) is 0.650. The monoisotopic (exact) mass is 732 g/mol. The van der Waals surface area contributed by atoms with Crippen LogP contribution in [-0.4, -0.2) is 90.1 Å². The van der Waals surface area contributed by atoms with Crippen LogP contribution in [0.25, 0.3) is 0 Å². The van der Waals surface area contributed by atoms with Crippen LogP contribution in [0.5, 0.6) is 0 Å². The van der Waals surface area contributed by atoms with Crippen molar-refractivity contribution in [2.75, 3.05) is 26.9 Å². The van der Waals surface area contributed by atoms with E-state index in [4.69, 9.17) is 23.7 Å². The van der Waals surface area contributed by atoms with Gasteiger partial charge in [0, 0.05) is 34.5 Å². The zero-order valence-corrected chi connectivity index (χ0v) is 30.4. The molecule has 0 radical (unpaired) electrons. The summed E-state index contributed by atoms with van der Waals surface area (Å²) in [5.41, 5.74) is -1.65. The fourth-order valence-corrected chi connectivity index (χ4v) is 12.7. The third kappa shape index (κ3) is 4.26. The molecule has 7 aliphatic carbocycles. The van der Waals surface area contributed by atoms with Crippen LogP contribution in [0.2, 0.25) is 0 Å². The van der Waals surface area contributed by atoms with Crippen LogP contribution in [0.3, 0.4) is 0 Å². The maximum absolute atomic E-state index is 14.6. The second-order valence-corrected chi connectivity index (χ2v) is 17.3. The van der Waals surface area contributed by atoms with Crippen molar-refractivity contribution < 1.29 is 62.7 Å². The first-order chi connectivity index (χ1) is 25.0. The molecule has 0 aromatic heterocycles. The molecule has 1 spiro atoms. The minimum absolute atomic E-state index is 0.00140. The van der Waals surface area contributed by atoms with Gasteiger partial charge < -0.3 is 33.9 Å². The highest BCUT2D eigenvalue weighted by Crippen LogP contribution is 2.83. The Hall–Kier alpha value is -4.10. The van der Waals surface area contributed by atoms with E-state index in [0.29, 0.717) is 24.0 Å². The quantitative estimate of drug-likeness (QED) is 0.173. The number of aliphatic hydroxyl groups excluding tert-OH is 1. The van der Waals surface area contributed by atoms with Crippen molar-refractivity contribution in [3.05, 3.63) is 45.1 Å². The van der Waals surface area contributed by atoms with Gasteiger partial charge in [0.15, 0.2) is 5.78 Å². The molecule has 0 saturated heterocycles. The number of esters is 5. The van der Waals surface area contributed by atoms with Crippen LogP contribution in [0.15, 0.2) is 45.1 Å². The van der Waals surface area contributed by atoms with Crippen molar-refractivity contribution in [1.82, 2.24) is 0 Å². The number of hydrogen-bond acceptors (Lipinski definition) is 13. The first kappa shape index (κ1) is 34.7. The standard InChI is InChI=1S/C40H44O13/c1-16-8-29(43)52-15-39(48)24-11-23(24)37(3)25(39)12-22-20(14-51-28(42)7-6-27(41)50-13-16)36(47)53-40(22)26(37)10-19-18-9-21(18)38(4)31(19)32(40)30(33(44)34(38)45)17(2)35(46)49-5/h8,18,21,23-26,32,34,45,48H,6-7,9-15H2,1-5H3/b16-8+,30-17-/t18-,21-,23+,24-,25-,26+,32+,34-,37-,38-,39+,40+/m1/s1. The van der Waals surface area contributed by atoms with Crippen molar-refractivity contribution in [2.24, 2.45) is 52.3 Å². The Morgan fingerprint density at radius 2 is 1.62 bits per heavy atom. The molecule has 53 heavy (non-hydrogen) atoms. The van der Waals surface area contributed by atoms with E-state index in [9.17, 15) is 39.0 Å². The number of carbonyl (C=O) groups excluding carboxylic acids is 6. The zero-order chi connectivity index (χ0) is 37.7. The van der Waals surface area contributed by atoms with Gasteiger partial charge in [0.2, 0.25) is 0 Å². The molecule has 2 aliphatic heterocycles. The molecule has 5 saturated carbocycles. The van der Waals surface area contributed by atoms with E-state index in [2.05, 4.69) is 6.92 Å². The molecule has 2 heterocycles. The third-order valence-electron chi connectivity index (χ3n) is 15.1. The van der Waals surface area contributed by atoms with Gasteiger partial charge >= 0.3 is 29.8 Å². The van der Waals surface area contributed by atoms with Crippen molar-refractivity contribution in [3.63, 3.8) is 0 Å². The summed E-state index contributed by atoms with van der Waals surface area (Å²) in [4.78, 5) is 80.7. The number of hydrogen-bond donors (Lipinski definition) is 2. The SMILES string of the molecule is COC(=O)/C(C)=C1\C(=O)[C@@H](O)[C@@]2(C)C3=C(C[C@@H]4[C@]5(OC(=O)C6=C5C[C@H]5[C@](O)(COC(=O)/C=C(\C)COC(=O)CCC(=O)OC6)[C@@H]6C[C@@H]6[C@@]45C)[C@H]31)[C@H]1C[C@H]12. The highest BCUT2D eigenvalue weighted by atomic mass is 16.6. The van der Waals surface area contributed by atoms with E-state index in [0.717, 1.165) is 17.6 Å². The smallest absolute Gasteiger partial charge is 0.338 e. The van der Waals surface area contributed by atoms with Crippen LogP contribution in [0, 0.1) is 52.3 Å². The van der Waals surface area contributed by atoms with Crippen molar-refractivity contribution in [1.29, 1.82) is 0 Å². The summed E-state index contributed by atoms with van der Waals surface area (Å²) in [5.74, 6) is -6.30. The molecular weight excluding hydrogens is 688 g/mol. The number of ether oxygens (including phenoxy) is 5. The van der Waals surface area contributed by atoms with E-state index in [-0.39, 0.29) is 72.9 Å². The van der Waals surface area contributed by atoms with Gasteiger partial charge in [0.05, 0.1) is 31.4 Å². The summed E-state index contributed by atoms with van der Waals surface area (Å²) in [5, 5.41) is 24.6. The number of ketones is 1. The van der Waals surface area contributed by atoms with E-state index in [1.165, 1.54) is 20.1 Å². The minimum atomic E-state index is -1.51. The lowest BCUT2D eigenvalue weighted by molar-refractivity contribution is -0.191. The van der Waals surface area contributed by atoms with E-state index >= 15 is 0 Å². The van der Waals surface area contributed by atoms with E-state index in [1.54, 1.807) is 6.92 Å². The Morgan fingerprint density at radius 1 is 0.925 bits per heavy atom. The average Bonchev–Trinajstić information content (AvgIpc) is 4.04. The molecule has 0 unspecified atom stereocenters. The van der Waals surface area contributed by atoms with Crippen LogP contribution in [-0.2, 0) is 52.5 Å². The maximum atomic E-state index is 14.6. The first-order valence-corrected chi connectivity index (χ1v) is 18.6. The molecular formula is C40H44O13. The molecule has 0 aromatic carbocycles. The van der Waals surface area contributed by atoms with Crippen LogP contribution >= 0.6 is 0 Å². The summed E-state index contributed by atoms with van der Waals surface area (Å²) < 4.78 is 28.4.